The maximum Gasteiger partial charge on any atom is 0.257 e. The highest BCUT2D eigenvalue weighted by atomic mass is 16.3. The fraction of sp³-hybridized carbons (Fsp3) is 0.240. The van der Waals surface area contributed by atoms with Crippen molar-refractivity contribution in [1.29, 1.82) is 5.26 Å². The Labute approximate surface area is 182 Å². The summed E-state index contributed by atoms with van der Waals surface area (Å²) < 4.78 is 0. The van der Waals surface area contributed by atoms with Crippen LogP contribution in [-0.2, 0) is 6.42 Å². The van der Waals surface area contributed by atoms with Crippen molar-refractivity contribution in [3.63, 3.8) is 0 Å². The van der Waals surface area contributed by atoms with Gasteiger partial charge in [0.05, 0.1) is 11.1 Å². The van der Waals surface area contributed by atoms with Crippen molar-refractivity contribution >= 4 is 11.7 Å². The maximum absolute atomic E-state index is 13.2. The quantitative estimate of drug-likeness (QED) is 0.708. The van der Waals surface area contributed by atoms with E-state index < -0.39 is 0 Å². The standard InChI is InChI=1S/C25H24N4O2/c26-18-21-8-4-11-27-24(21)28-12-5-13-29(15-14-28)25(31)22-17-20(9-10-23(22)30)16-19-6-2-1-3-7-19/h1-4,6-11,17,30H,5,12-16H2. The highest BCUT2D eigenvalue weighted by Gasteiger charge is 2.24. The number of nitriles is 1. The van der Waals surface area contributed by atoms with E-state index in [1.807, 2.05) is 36.4 Å². The van der Waals surface area contributed by atoms with Crippen LogP contribution in [-0.4, -0.2) is 47.1 Å². The van der Waals surface area contributed by atoms with Crippen molar-refractivity contribution in [2.45, 2.75) is 12.8 Å². The van der Waals surface area contributed by atoms with Gasteiger partial charge in [0.2, 0.25) is 0 Å². The molecule has 0 radical (unpaired) electrons. The average molecular weight is 412 g/mol. The zero-order chi connectivity index (χ0) is 21.6. The molecule has 1 aliphatic rings. The van der Waals surface area contributed by atoms with Crippen LogP contribution in [0.2, 0.25) is 0 Å². The number of aromatic nitrogens is 1. The lowest BCUT2D eigenvalue weighted by atomic mass is 10.0. The van der Waals surface area contributed by atoms with E-state index in [1.54, 1.807) is 35.4 Å². The molecular weight excluding hydrogens is 388 g/mol. The number of hydrogen-bond donors (Lipinski definition) is 1. The number of anilines is 1. The summed E-state index contributed by atoms with van der Waals surface area (Å²) in [6.45, 7) is 2.40. The molecule has 1 N–H and O–H groups in total. The van der Waals surface area contributed by atoms with Crippen molar-refractivity contribution in [3.8, 4) is 11.8 Å². The number of phenolic OH excluding ortho intramolecular Hbond substituents is 1. The third kappa shape index (κ3) is 4.67. The molecule has 2 heterocycles. The number of phenols is 1. The fourth-order valence-corrected chi connectivity index (χ4v) is 3.93. The van der Waals surface area contributed by atoms with E-state index >= 15 is 0 Å². The molecule has 1 amide bonds. The predicted molar refractivity (Wildman–Crippen MR) is 119 cm³/mol. The van der Waals surface area contributed by atoms with Crippen LogP contribution in [0.3, 0.4) is 0 Å². The summed E-state index contributed by atoms with van der Waals surface area (Å²) in [5.74, 6) is 0.488. The molecule has 3 aromatic rings. The van der Waals surface area contributed by atoms with Crippen LogP contribution in [0.4, 0.5) is 5.82 Å². The Kier molecular flexibility index (Phi) is 6.13. The third-order valence-electron chi connectivity index (χ3n) is 5.53. The molecule has 0 atom stereocenters. The Balaban J connectivity index is 1.49. The lowest BCUT2D eigenvalue weighted by Gasteiger charge is -2.23. The Morgan fingerprint density at radius 1 is 1.00 bits per heavy atom. The van der Waals surface area contributed by atoms with Gasteiger partial charge in [0.1, 0.15) is 17.6 Å². The van der Waals surface area contributed by atoms with E-state index in [1.165, 1.54) is 0 Å². The number of pyridine rings is 1. The molecule has 1 saturated heterocycles. The van der Waals surface area contributed by atoms with Crippen LogP contribution in [0, 0.1) is 11.3 Å². The van der Waals surface area contributed by atoms with Crippen LogP contribution >= 0.6 is 0 Å². The van der Waals surface area contributed by atoms with E-state index in [9.17, 15) is 15.2 Å². The number of carbonyl (C=O) groups is 1. The van der Waals surface area contributed by atoms with Gasteiger partial charge >= 0.3 is 0 Å². The lowest BCUT2D eigenvalue weighted by molar-refractivity contribution is 0.0764. The molecule has 156 valence electrons. The first kappa shape index (κ1) is 20.4. The molecule has 6 heteroatoms. The highest BCUT2D eigenvalue weighted by molar-refractivity contribution is 5.97. The van der Waals surface area contributed by atoms with Crippen molar-refractivity contribution in [2.24, 2.45) is 0 Å². The summed E-state index contributed by atoms with van der Waals surface area (Å²) in [4.78, 5) is 21.4. The Bertz CT molecular complexity index is 1110. The van der Waals surface area contributed by atoms with Crippen molar-refractivity contribution in [1.82, 2.24) is 9.88 Å². The number of nitrogens with zero attached hydrogens (tertiary/aromatic N) is 4. The smallest absolute Gasteiger partial charge is 0.257 e. The van der Waals surface area contributed by atoms with Crippen LogP contribution in [0.25, 0.3) is 0 Å². The van der Waals surface area contributed by atoms with Gasteiger partial charge in [-0.15, -0.1) is 0 Å². The number of carbonyl (C=O) groups excluding carboxylic acids is 1. The third-order valence-corrected chi connectivity index (χ3v) is 5.53. The van der Waals surface area contributed by atoms with Gasteiger partial charge in [0.25, 0.3) is 5.91 Å². The van der Waals surface area contributed by atoms with E-state index in [-0.39, 0.29) is 11.7 Å². The summed E-state index contributed by atoms with van der Waals surface area (Å²) >= 11 is 0. The molecular formula is C25H24N4O2. The molecule has 31 heavy (non-hydrogen) atoms. The number of hydrogen-bond acceptors (Lipinski definition) is 5. The summed E-state index contributed by atoms with van der Waals surface area (Å²) in [6.07, 6.45) is 3.14. The second-order valence-corrected chi connectivity index (χ2v) is 7.63. The zero-order valence-electron chi connectivity index (χ0n) is 17.2. The van der Waals surface area contributed by atoms with Gasteiger partial charge in [0, 0.05) is 32.4 Å². The number of benzene rings is 2. The number of rotatable bonds is 4. The van der Waals surface area contributed by atoms with Crippen LogP contribution in [0.15, 0.2) is 66.9 Å². The monoisotopic (exact) mass is 412 g/mol. The van der Waals surface area contributed by atoms with Crippen LogP contribution in [0.1, 0.15) is 33.5 Å². The van der Waals surface area contributed by atoms with E-state index in [2.05, 4.69) is 16.0 Å². The van der Waals surface area contributed by atoms with E-state index in [0.29, 0.717) is 43.0 Å². The molecule has 2 aromatic carbocycles. The van der Waals surface area contributed by atoms with E-state index in [0.717, 1.165) is 24.1 Å². The summed E-state index contributed by atoms with van der Waals surface area (Å²) in [7, 11) is 0. The average Bonchev–Trinajstić information content (AvgIpc) is 3.07. The van der Waals surface area contributed by atoms with Gasteiger partial charge in [-0.05, 0) is 48.2 Å². The topological polar surface area (TPSA) is 80.5 Å². The molecule has 1 aromatic heterocycles. The number of amides is 1. The van der Waals surface area contributed by atoms with Crippen LogP contribution in [0.5, 0.6) is 5.75 Å². The molecule has 0 aliphatic carbocycles. The van der Waals surface area contributed by atoms with Gasteiger partial charge in [-0.1, -0.05) is 36.4 Å². The summed E-state index contributed by atoms with van der Waals surface area (Å²) in [5.41, 5.74) is 3.00. The summed E-state index contributed by atoms with van der Waals surface area (Å²) in [6, 6.07) is 21.0. The molecule has 4 rings (SSSR count). The first-order valence-corrected chi connectivity index (χ1v) is 10.4. The first-order chi connectivity index (χ1) is 15.2. The van der Waals surface area contributed by atoms with Gasteiger partial charge in [0.15, 0.2) is 0 Å². The molecule has 0 unspecified atom stereocenters. The minimum atomic E-state index is -0.171. The molecule has 0 saturated carbocycles. The first-order valence-electron chi connectivity index (χ1n) is 10.4. The zero-order valence-corrected chi connectivity index (χ0v) is 17.2. The van der Waals surface area contributed by atoms with Gasteiger partial charge in [-0.25, -0.2) is 4.98 Å². The Hall–Kier alpha value is -3.85. The highest BCUT2D eigenvalue weighted by Crippen LogP contribution is 2.24. The SMILES string of the molecule is N#Cc1cccnc1N1CCCN(C(=O)c2cc(Cc3ccccc3)ccc2O)CC1. The van der Waals surface area contributed by atoms with Gasteiger partial charge in [-0.2, -0.15) is 5.26 Å². The minimum absolute atomic E-state index is 0.000549. The Morgan fingerprint density at radius 2 is 1.84 bits per heavy atom. The van der Waals surface area contributed by atoms with Crippen LogP contribution < -0.4 is 4.90 Å². The molecule has 1 fully saturated rings. The molecule has 1 aliphatic heterocycles. The normalized spacial score (nSPS) is 14.0. The maximum atomic E-state index is 13.2. The van der Waals surface area contributed by atoms with E-state index in [4.69, 9.17) is 0 Å². The fourth-order valence-electron chi connectivity index (χ4n) is 3.93. The second kappa shape index (κ2) is 9.31. The summed E-state index contributed by atoms with van der Waals surface area (Å²) in [5, 5.41) is 19.7. The minimum Gasteiger partial charge on any atom is -0.507 e. The number of aromatic hydroxyl groups is 1. The largest absolute Gasteiger partial charge is 0.507 e. The second-order valence-electron chi connectivity index (χ2n) is 7.63. The molecule has 0 spiro atoms. The van der Waals surface area contributed by atoms with Crippen molar-refractivity contribution < 1.29 is 9.90 Å². The van der Waals surface area contributed by atoms with Gasteiger partial charge in [-0.3, -0.25) is 4.79 Å². The Morgan fingerprint density at radius 3 is 2.65 bits per heavy atom. The lowest BCUT2D eigenvalue weighted by Crippen LogP contribution is -2.35. The van der Waals surface area contributed by atoms with Crippen molar-refractivity contribution in [3.05, 3.63) is 89.1 Å². The molecule has 0 bridgehead atoms. The van der Waals surface area contributed by atoms with Gasteiger partial charge < -0.3 is 14.9 Å². The van der Waals surface area contributed by atoms with Crippen molar-refractivity contribution in [2.75, 3.05) is 31.1 Å². The predicted octanol–water partition coefficient (Wildman–Crippen LogP) is 3.60. The molecule has 6 nitrogen and oxygen atoms in total.